The van der Waals surface area contributed by atoms with Crippen LogP contribution in [0.1, 0.15) is 34.8 Å². The molecule has 0 bridgehead atoms. The zero-order valence-electron chi connectivity index (χ0n) is 12.6. The normalized spacial score (nSPS) is 18.2. The molecule has 4 N–H and O–H groups in total. The van der Waals surface area contributed by atoms with E-state index in [0.717, 1.165) is 39.9 Å². The summed E-state index contributed by atoms with van der Waals surface area (Å²) in [5.74, 6) is 1.20. The molecule has 5 nitrogen and oxygen atoms in total. The van der Waals surface area contributed by atoms with Gasteiger partial charge in [-0.3, -0.25) is 0 Å². The van der Waals surface area contributed by atoms with Gasteiger partial charge in [-0.1, -0.05) is 28.1 Å². The van der Waals surface area contributed by atoms with Gasteiger partial charge in [-0.25, -0.2) is 0 Å². The SMILES string of the molecule is Cc1coc2c1/C(=N/N=C(N)N)CC(c1cccc(Br)c1)C2.Cl. The average molecular weight is 398 g/mol. The fourth-order valence-electron chi connectivity index (χ4n) is 2.87. The third-order valence-corrected chi connectivity index (χ3v) is 4.31. The van der Waals surface area contributed by atoms with E-state index in [1.165, 1.54) is 5.56 Å². The van der Waals surface area contributed by atoms with Crippen molar-refractivity contribution in [2.45, 2.75) is 25.7 Å². The van der Waals surface area contributed by atoms with Gasteiger partial charge in [0.15, 0.2) is 0 Å². The maximum atomic E-state index is 5.70. The Bertz CT molecular complexity index is 765. The van der Waals surface area contributed by atoms with E-state index in [1.807, 2.05) is 19.1 Å². The van der Waals surface area contributed by atoms with Gasteiger partial charge < -0.3 is 15.9 Å². The van der Waals surface area contributed by atoms with Crippen LogP contribution in [0, 0.1) is 6.92 Å². The van der Waals surface area contributed by atoms with Gasteiger partial charge in [0.1, 0.15) is 5.76 Å². The number of nitrogens with zero attached hydrogens (tertiary/aromatic N) is 2. The summed E-state index contributed by atoms with van der Waals surface area (Å²) >= 11 is 3.52. The number of nitrogens with two attached hydrogens (primary N) is 2. The minimum atomic E-state index is -0.0419. The van der Waals surface area contributed by atoms with Crippen LogP contribution in [0.4, 0.5) is 0 Å². The lowest BCUT2D eigenvalue weighted by Crippen LogP contribution is -2.23. The topological polar surface area (TPSA) is 89.9 Å². The second-order valence-corrected chi connectivity index (χ2v) is 6.36. The van der Waals surface area contributed by atoms with E-state index in [9.17, 15) is 0 Å². The Morgan fingerprint density at radius 3 is 2.78 bits per heavy atom. The number of hydrogen-bond acceptors (Lipinski definition) is 3. The standard InChI is InChI=1S/C16H17BrN4O.ClH/c1-9-8-22-14-7-11(10-3-2-4-12(17)5-10)6-13(15(9)14)20-21-16(18)19;/h2-5,8,11H,6-7H2,1H3,(H4,18,19,21);1H/b20-13+;. The maximum absolute atomic E-state index is 5.70. The van der Waals surface area contributed by atoms with Crippen LogP contribution in [0.15, 0.2) is 49.6 Å². The van der Waals surface area contributed by atoms with Crippen LogP contribution in [-0.4, -0.2) is 11.7 Å². The smallest absolute Gasteiger partial charge is 0.211 e. The molecule has 1 unspecified atom stereocenters. The first-order chi connectivity index (χ1) is 10.5. The molecule has 3 rings (SSSR count). The zero-order valence-corrected chi connectivity index (χ0v) is 15.0. The Labute approximate surface area is 149 Å². The lowest BCUT2D eigenvalue weighted by molar-refractivity contribution is 0.480. The average Bonchev–Trinajstić information content (AvgIpc) is 2.86. The van der Waals surface area contributed by atoms with E-state index in [1.54, 1.807) is 6.26 Å². The summed E-state index contributed by atoms with van der Waals surface area (Å²) in [6, 6.07) is 8.30. The van der Waals surface area contributed by atoms with Crippen LogP contribution < -0.4 is 11.5 Å². The highest BCUT2D eigenvalue weighted by molar-refractivity contribution is 9.10. The summed E-state index contributed by atoms with van der Waals surface area (Å²) < 4.78 is 6.77. The lowest BCUT2D eigenvalue weighted by atomic mass is 9.81. The quantitative estimate of drug-likeness (QED) is 0.462. The number of fused-ring (bicyclic) bond motifs is 1. The van der Waals surface area contributed by atoms with Crippen LogP contribution >= 0.6 is 28.3 Å². The molecule has 1 aromatic carbocycles. The van der Waals surface area contributed by atoms with Crippen molar-refractivity contribution < 1.29 is 4.42 Å². The first-order valence-corrected chi connectivity index (χ1v) is 7.82. The fraction of sp³-hybridized carbons (Fsp3) is 0.250. The summed E-state index contributed by atoms with van der Waals surface area (Å²) in [6.45, 7) is 2.01. The first-order valence-electron chi connectivity index (χ1n) is 7.03. The van der Waals surface area contributed by atoms with Crippen LogP contribution in [-0.2, 0) is 6.42 Å². The number of rotatable bonds is 2. The Kier molecular flexibility index (Phi) is 5.49. The van der Waals surface area contributed by atoms with E-state index in [4.69, 9.17) is 15.9 Å². The van der Waals surface area contributed by atoms with E-state index < -0.39 is 0 Å². The van der Waals surface area contributed by atoms with Crippen molar-refractivity contribution in [1.82, 2.24) is 0 Å². The van der Waals surface area contributed by atoms with Crippen LogP contribution in [0.5, 0.6) is 0 Å². The van der Waals surface area contributed by atoms with Crippen molar-refractivity contribution in [2.24, 2.45) is 21.7 Å². The molecule has 1 atom stereocenters. The van der Waals surface area contributed by atoms with Gasteiger partial charge in [-0.05, 0) is 42.5 Å². The molecule has 0 radical (unpaired) electrons. The monoisotopic (exact) mass is 396 g/mol. The van der Waals surface area contributed by atoms with E-state index >= 15 is 0 Å². The first kappa shape index (κ1) is 17.6. The minimum Gasteiger partial charge on any atom is -0.468 e. The molecule has 1 aromatic heterocycles. The Balaban J connectivity index is 0.00000192. The zero-order chi connectivity index (χ0) is 15.7. The van der Waals surface area contributed by atoms with Gasteiger partial charge in [0.05, 0.1) is 12.0 Å². The predicted octanol–water partition coefficient (Wildman–Crippen LogP) is 3.48. The van der Waals surface area contributed by atoms with Gasteiger partial charge in [-0.15, -0.1) is 17.5 Å². The van der Waals surface area contributed by atoms with E-state index in [-0.39, 0.29) is 18.4 Å². The summed E-state index contributed by atoms with van der Waals surface area (Å²) in [6.07, 6.45) is 3.39. The highest BCUT2D eigenvalue weighted by atomic mass is 79.9. The highest BCUT2D eigenvalue weighted by Crippen LogP contribution is 2.36. The van der Waals surface area contributed by atoms with Gasteiger partial charge in [0, 0.05) is 16.5 Å². The molecule has 23 heavy (non-hydrogen) atoms. The van der Waals surface area contributed by atoms with Crippen molar-refractivity contribution in [3.05, 3.63) is 57.5 Å². The number of hydrogen-bond donors (Lipinski definition) is 2. The molecule has 1 aliphatic rings. The molecule has 0 spiro atoms. The van der Waals surface area contributed by atoms with Gasteiger partial charge >= 0.3 is 0 Å². The molecule has 0 saturated carbocycles. The summed E-state index contributed by atoms with van der Waals surface area (Å²) in [7, 11) is 0. The third kappa shape index (κ3) is 3.76. The van der Waals surface area contributed by atoms with Gasteiger partial charge in [-0.2, -0.15) is 5.10 Å². The van der Waals surface area contributed by atoms with E-state index in [2.05, 4.69) is 38.3 Å². The summed E-state index contributed by atoms with van der Waals surface area (Å²) in [5.41, 5.74) is 15.0. The fourth-order valence-corrected chi connectivity index (χ4v) is 3.29. The molecular weight excluding hydrogens is 380 g/mol. The van der Waals surface area contributed by atoms with Crippen molar-refractivity contribution >= 4 is 40.0 Å². The summed E-state index contributed by atoms with van der Waals surface area (Å²) in [5, 5.41) is 8.06. The lowest BCUT2D eigenvalue weighted by Gasteiger charge is -2.23. The maximum Gasteiger partial charge on any atom is 0.211 e. The summed E-state index contributed by atoms with van der Waals surface area (Å²) in [4.78, 5) is 0. The highest BCUT2D eigenvalue weighted by Gasteiger charge is 2.29. The molecule has 122 valence electrons. The molecule has 1 heterocycles. The van der Waals surface area contributed by atoms with Crippen molar-refractivity contribution in [3.8, 4) is 0 Å². The molecule has 1 aliphatic carbocycles. The van der Waals surface area contributed by atoms with Crippen LogP contribution in [0.2, 0.25) is 0 Å². The molecule has 0 saturated heterocycles. The Morgan fingerprint density at radius 2 is 2.09 bits per heavy atom. The molecule has 2 aromatic rings. The van der Waals surface area contributed by atoms with Crippen LogP contribution in [0.3, 0.4) is 0 Å². The molecule has 0 aliphatic heterocycles. The second kappa shape index (κ2) is 7.19. The van der Waals surface area contributed by atoms with Crippen molar-refractivity contribution in [3.63, 3.8) is 0 Å². The second-order valence-electron chi connectivity index (χ2n) is 5.45. The largest absolute Gasteiger partial charge is 0.468 e. The molecule has 0 amide bonds. The number of benzene rings is 1. The van der Waals surface area contributed by atoms with Crippen LogP contribution in [0.25, 0.3) is 0 Å². The Morgan fingerprint density at radius 1 is 1.30 bits per heavy atom. The molecule has 7 heteroatoms. The van der Waals surface area contributed by atoms with E-state index in [0.29, 0.717) is 5.92 Å². The number of halogens is 2. The number of guanidine groups is 1. The molecular formula is C16H18BrClN4O. The number of furan rings is 1. The van der Waals surface area contributed by atoms with Gasteiger partial charge in [0.2, 0.25) is 5.96 Å². The van der Waals surface area contributed by atoms with Crippen molar-refractivity contribution in [2.75, 3.05) is 0 Å². The minimum absolute atomic E-state index is 0. The van der Waals surface area contributed by atoms with Crippen molar-refractivity contribution in [1.29, 1.82) is 0 Å². The third-order valence-electron chi connectivity index (χ3n) is 3.82. The van der Waals surface area contributed by atoms with Gasteiger partial charge in [0.25, 0.3) is 0 Å². The number of aryl methyl sites for hydroxylation is 1. The predicted molar refractivity (Wildman–Crippen MR) is 98.2 cm³/mol. The molecule has 0 fully saturated rings. The Hall–Kier alpha value is -1.79.